The van der Waals surface area contributed by atoms with Gasteiger partial charge in [-0.05, 0) is 30.2 Å². The summed E-state index contributed by atoms with van der Waals surface area (Å²) >= 11 is 0. The number of hydrogen-bond acceptors (Lipinski definition) is 3. The number of halogens is 1. The molecule has 90 valence electrons. The molecule has 0 aromatic heterocycles. The Morgan fingerprint density at radius 1 is 1.65 bits per heavy atom. The van der Waals surface area contributed by atoms with E-state index in [2.05, 4.69) is 11.6 Å². The molecule has 1 heterocycles. The lowest BCUT2D eigenvalue weighted by Crippen LogP contribution is -2.36. The fraction of sp³-hybridized carbons (Fsp3) is 0.308. The molecule has 0 saturated heterocycles. The maximum atomic E-state index is 13.1. The maximum Gasteiger partial charge on any atom is 0.192 e. The Morgan fingerprint density at radius 2 is 2.41 bits per heavy atom. The van der Waals surface area contributed by atoms with Crippen LogP contribution in [0.3, 0.4) is 0 Å². The van der Waals surface area contributed by atoms with E-state index in [-0.39, 0.29) is 11.9 Å². The number of nitrogens with two attached hydrogens (primary N) is 1. The van der Waals surface area contributed by atoms with Crippen molar-refractivity contribution in [2.75, 3.05) is 13.1 Å². The maximum absolute atomic E-state index is 13.1. The summed E-state index contributed by atoms with van der Waals surface area (Å²) in [5.41, 5.74) is 7.82. The van der Waals surface area contributed by atoms with E-state index in [1.165, 1.54) is 12.1 Å². The molecule has 1 aliphatic rings. The zero-order valence-electron chi connectivity index (χ0n) is 9.86. The van der Waals surface area contributed by atoms with E-state index in [4.69, 9.17) is 5.73 Å². The molecule has 0 saturated carbocycles. The monoisotopic (exact) mass is 233 g/mol. The van der Waals surface area contributed by atoms with Crippen molar-refractivity contribution in [1.29, 1.82) is 0 Å². The van der Waals surface area contributed by atoms with Gasteiger partial charge in [0.15, 0.2) is 5.96 Å². The van der Waals surface area contributed by atoms with Crippen molar-refractivity contribution < 1.29 is 4.39 Å². The zero-order valence-corrected chi connectivity index (χ0v) is 9.86. The molecule has 1 aliphatic heterocycles. The highest BCUT2D eigenvalue weighted by molar-refractivity contribution is 5.80. The molecule has 1 aromatic carbocycles. The SMILES string of the molecule is C=CCN1C(N)=NCC1c1ccc(F)cc1C. The second-order valence-corrected chi connectivity index (χ2v) is 4.16. The van der Waals surface area contributed by atoms with Crippen LogP contribution in [0.15, 0.2) is 35.8 Å². The zero-order chi connectivity index (χ0) is 12.4. The number of hydrogen-bond donors (Lipinski definition) is 1. The summed E-state index contributed by atoms with van der Waals surface area (Å²) in [6.07, 6.45) is 1.79. The van der Waals surface area contributed by atoms with Crippen LogP contribution in [0, 0.1) is 12.7 Å². The van der Waals surface area contributed by atoms with Crippen LogP contribution in [0.2, 0.25) is 0 Å². The molecule has 0 bridgehead atoms. The van der Waals surface area contributed by atoms with Gasteiger partial charge in [-0.2, -0.15) is 0 Å². The van der Waals surface area contributed by atoms with E-state index in [0.717, 1.165) is 11.1 Å². The van der Waals surface area contributed by atoms with Gasteiger partial charge in [-0.15, -0.1) is 6.58 Å². The van der Waals surface area contributed by atoms with Crippen LogP contribution in [-0.4, -0.2) is 23.9 Å². The van der Waals surface area contributed by atoms with Crippen molar-refractivity contribution in [3.8, 4) is 0 Å². The molecule has 0 radical (unpaired) electrons. The molecule has 4 heteroatoms. The minimum absolute atomic E-state index is 0.0913. The lowest BCUT2D eigenvalue weighted by atomic mass is 10.0. The molecular formula is C13H16FN3. The second kappa shape index (κ2) is 4.57. The third kappa shape index (κ3) is 2.16. The van der Waals surface area contributed by atoms with Gasteiger partial charge in [0, 0.05) is 6.54 Å². The molecule has 1 aromatic rings. The highest BCUT2D eigenvalue weighted by Crippen LogP contribution is 2.28. The molecule has 2 rings (SSSR count). The standard InChI is InChI=1S/C13H16FN3/c1-3-6-17-12(8-16-13(17)15)11-5-4-10(14)7-9(11)2/h3-5,7,12H,1,6,8H2,2H3,(H2,15,16). The fourth-order valence-corrected chi connectivity index (χ4v) is 2.17. The first-order chi connectivity index (χ1) is 8.13. The van der Waals surface area contributed by atoms with Crippen LogP contribution in [0.4, 0.5) is 4.39 Å². The molecule has 17 heavy (non-hydrogen) atoms. The van der Waals surface area contributed by atoms with E-state index in [1.807, 2.05) is 11.8 Å². The summed E-state index contributed by atoms with van der Waals surface area (Å²) in [6.45, 7) is 6.88. The van der Waals surface area contributed by atoms with E-state index >= 15 is 0 Å². The Morgan fingerprint density at radius 3 is 3.06 bits per heavy atom. The number of aliphatic imine (C=N–C) groups is 1. The third-order valence-corrected chi connectivity index (χ3v) is 3.01. The first-order valence-electron chi connectivity index (χ1n) is 5.57. The van der Waals surface area contributed by atoms with E-state index in [1.54, 1.807) is 12.1 Å². The van der Waals surface area contributed by atoms with Crippen LogP contribution in [-0.2, 0) is 0 Å². The highest BCUT2D eigenvalue weighted by atomic mass is 19.1. The predicted molar refractivity (Wildman–Crippen MR) is 67.3 cm³/mol. The molecule has 0 fully saturated rings. The Balaban J connectivity index is 2.31. The summed E-state index contributed by atoms with van der Waals surface area (Å²) < 4.78 is 13.1. The number of rotatable bonds is 3. The van der Waals surface area contributed by atoms with Crippen molar-refractivity contribution >= 4 is 5.96 Å². The normalized spacial score (nSPS) is 19.3. The van der Waals surface area contributed by atoms with Gasteiger partial charge in [0.2, 0.25) is 0 Å². The van der Waals surface area contributed by atoms with Gasteiger partial charge in [0.05, 0.1) is 12.6 Å². The van der Waals surface area contributed by atoms with Crippen LogP contribution in [0.25, 0.3) is 0 Å². The lowest BCUT2D eigenvalue weighted by Gasteiger charge is -2.26. The minimum atomic E-state index is -0.214. The molecule has 2 N–H and O–H groups in total. The smallest absolute Gasteiger partial charge is 0.192 e. The van der Waals surface area contributed by atoms with Crippen LogP contribution < -0.4 is 5.73 Å². The van der Waals surface area contributed by atoms with Crippen molar-refractivity contribution in [2.24, 2.45) is 10.7 Å². The topological polar surface area (TPSA) is 41.6 Å². The summed E-state index contributed by atoms with van der Waals surface area (Å²) in [5.74, 6) is 0.312. The van der Waals surface area contributed by atoms with Crippen molar-refractivity contribution in [2.45, 2.75) is 13.0 Å². The lowest BCUT2D eigenvalue weighted by molar-refractivity contribution is 0.379. The molecule has 0 spiro atoms. The minimum Gasteiger partial charge on any atom is -0.370 e. The molecule has 0 amide bonds. The average molecular weight is 233 g/mol. The fourth-order valence-electron chi connectivity index (χ4n) is 2.17. The summed E-state index contributed by atoms with van der Waals surface area (Å²) in [6, 6.07) is 4.91. The van der Waals surface area contributed by atoms with Crippen LogP contribution in [0.1, 0.15) is 17.2 Å². The van der Waals surface area contributed by atoms with Gasteiger partial charge >= 0.3 is 0 Å². The largest absolute Gasteiger partial charge is 0.370 e. The number of guanidine groups is 1. The van der Waals surface area contributed by atoms with Gasteiger partial charge in [-0.1, -0.05) is 12.1 Å². The molecule has 1 unspecified atom stereocenters. The van der Waals surface area contributed by atoms with Gasteiger partial charge in [-0.3, -0.25) is 4.99 Å². The van der Waals surface area contributed by atoms with Gasteiger partial charge in [-0.25, -0.2) is 4.39 Å². The third-order valence-electron chi connectivity index (χ3n) is 3.01. The molecule has 1 atom stereocenters. The van der Waals surface area contributed by atoms with Gasteiger partial charge in [0.25, 0.3) is 0 Å². The first-order valence-corrected chi connectivity index (χ1v) is 5.57. The Kier molecular flexibility index (Phi) is 3.13. The van der Waals surface area contributed by atoms with Crippen LogP contribution in [0.5, 0.6) is 0 Å². The summed E-state index contributed by atoms with van der Waals surface area (Å²) in [4.78, 5) is 6.22. The van der Waals surface area contributed by atoms with Crippen molar-refractivity contribution in [3.63, 3.8) is 0 Å². The first kappa shape index (κ1) is 11.6. The Labute approximate surface area is 100 Å². The van der Waals surface area contributed by atoms with Crippen molar-refractivity contribution in [3.05, 3.63) is 47.8 Å². The number of nitrogens with zero attached hydrogens (tertiary/aromatic N) is 2. The number of benzene rings is 1. The van der Waals surface area contributed by atoms with Gasteiger partial charge in [0.1, 0.15) is 5.82 Å². The summed E-state index contributed by atoms with van der Waals surface area (Å²) in [5, 5.41) is 0. The number of aryl methyl sites for hydroxylation is 1. The quantitative estimate of drug-likeness (QED) is 0.811. The van der Waals surface area contributed by atoms with Crippen molar-refractivity contribution in [1.82, 2.24) is 4.90 Å². The van der Waals surface area contributed by atoms with Crippen LogP contribution >= 0.6 is 0 Å². The van der Waals surface area contributed by atoms with E-state index in [0.29, 0.717) is 19.0 Å². The Bertz CT molecular complexity index is 468. The van der Waals surface area contributed by atoms with E-state index in [9.17, 15) is 4.39 Å². The highest BCUT2D eigenvalue weighted by Gasteiger charge is 2.27. The van der Waals surface area contributed by atoms with Gasteiger partial charge < -0.3 is 10.6 Å². The molecule has 3 nitrogen and oxygen atoms in total. The molecular weight excluding hydrogens is 217 g/mol. The Hall–Kier alpha value is -1.84. The second-order valence-electron chi connectivity index (χ2n) is 4.16. The summed E-state index contributed by atoms with van der Waals surface area (Å²) in [7, 11) is 0. The average Bonchev–Trinajstić information content (AvgIpc) is 2.62. The predicted octanol–water partition coefficient (Wildman–Crippen LogP) is 1.99. The van der Waals surface area contributed by atoms with E-state index < -0.39 is 0 Å². The molecule has 0 aliphatic carbocycles.